The molecule has 1 unspecified atom stereocenters. The van der Waals surface area contributed by atoms with E-state index in [1.807, 2.05) is 48.8 Å². The van der Waals surface area contributed by atoms with Crippen LogP contribution in [0.1, 0.15) is 29.9 Å². The van der Waals surface area contributed by atoms with E-state index in [0.717, 1.165) is 44.0 Å². The van der Waals surface area contributed by atoms with Crippen LogP contribution < -0.4 is 5.32 Å². The molecule has 5 aromatic rings. The number of aromatic nitrogens is 4. The quantitative estimate of drug-likeness (QED) is 0.297. The zero-order valence-electron chi connectivity index (χ0n) is 18.5. The van der Waals surface area contributed by atoms with Crippen LogP contribution in [-0.4, -0.2) is 19.9 Å². The summed E-state index contributed by atoms with van der Waals surface area (Å²) >= 11 is 1.62. The van der Waals surface area contributed by atoms with Gasteiger partial charge in [-0.05, 0) is 56.2 Å². The van der Waals surface area contributed by atoms with Crippen molar-refractivity contribution >= 4 is 27.4 Å². The van der Waals surface area contributed by atoms with Crippen molar-refractivity contribution in [1.29, 1.82) is 0 Å². The van der Waals surface area contributed by atoms with Crippen LogP contribution in [0.3, 0.4) is 0 Å². The zero-order valence-corrected chi connectivity index (χ0v) is 19.3. The third-order valence-electron chi connectivity index (χ3n) is 5.56. The number of pyridine rings is 1. The van der Waals surface area contributed by atoms with Crippen molar-refractivity contribution in [3.8, 4) is 22.4 Å². The van der Waals surface area contributed by atoms with E-state index in [2.05, 4.69) is 50.4 Å². The van der Waals surface area contributed by atoms with Crippen LogP contribution in [0.4, 0.5) is 10.2 Å². The van der Waals surface area contributed by atoms with Gasteiger partial charge in [-0.3, -0.25) is 0 Å². The van der Waals surface area contributed by atoms with Crippen molar-refractivity contribution < 1.29 is 4.39 Å². The number of thiazole rings is 1. The molecule has 0 radical (unpaired) electrons. The molecule has 1 atom stereocenters. The van der Waals surface area contributed by atoms with E-state index in [-0.39, 0.29) is 6.04 Å². The number of hydrogen-bond donors (Lipinski definition) is 1. The summed E-state index contributed by atoms with van der Waals surface area (Å²) in [4.78, 5) is 17.4. The van der Waals surface area contributed by atoms with E-state index in [1.165, 1.54) is 0 Å². The Morgan fingerprint density at radius 1 is 0.909 bits per heavy atom. The van der Waals surface area contributed by atoms with Crippen molar-refractivity contribution in [2.75, 3.05) is 5.32 Å². The summed E-state index contributed by atoms with van der Waals surface area (Å²) in [5.41, 5.74) is 8.26. The number of hydrogen-bond acceptors (Lipinski definition) is 6. The maximum absolute atomic E-state index is 13.6. The lowest BCUT2D eigenvalue weighted by Crippen LogP contribution is -2.09. The van der Waals surface area contributed by atoms with Crippen LogP contribution in [0.2, 0.25) is 0 Å². The van der Waals surface area contributed by atoms with Gasteiger partial charge in [-0.1, -0.05) is 24.3 Å². The molecule has 0 aliphatic carbocycles. The molecule has 0 fully saturated rings. The first kappa shape index (κ1) is 21.2. The molecule has 2 aromatic carbocycles. The van der Waals surface area contributed by atoms with Gasteiger partial charge < -0.3 is 5.32 Å². The van der Waals surface area contributed by atoms with Crippen LogP contribution >= 0.6 is 11.3 Å². The van der Waals surface area contributed by atoms with Crippen molar-refractivity contribution in [2.45, 2.75) is 26.8 Å². The van der Waals surface area contributed by atoms with Gasteiger partial charge in [0.2, 0.25) is 5.95 Å². The highest BCUT2D eigenvalue weighted by Crippen LogP contribution is 2.29. The van der Waals surface area contributed by atoms with E-state index < -0.39 is 5.95 Å². The first-order valence-corrected chi connectivity index (χ1v) is 11.5. The highest BCUT2D eigenvalue weighted by molar-refractivity contribution is 7.16. The van der Waals surface area contributed by atoms with E-state index in [9.17, 15) is 4.39 Å². The molecule has 33 heavy (non-hydrogen) atoms. The summed E-state index contributed by atoms with van der Waals surface area (Å²) in [6.07, 6.45) is 1.57. The topological polar surface area (TPSA) is 63.6 Å². The Morgan fingerprint density at radius 3 is 2.64 bits per heavy atom. The molecular formula is C26H22FN5S. The summed E-state index contributed by atoms with van der Waals surface area (Å²) < 4.78 is 14.7. The number of benzene rings is 2. The number of nitrogens with zero attached hydrogens (tertiary/aromatic N) is 4. The molecule has 1 N–H and O–H groups in total. The van der Waals surface area contributed by atoms with E-state index in [0.29, 0.717) is 11.4 Å². The van der Waals surface area contributed by atoms with E-state index in [4.69, 9.17) is 0 Å². The van der Waals surface area contributed by atoms with E-state index >= 15 is 0 Å². The molecule has 3 heterocycles. The van der Waals surface area contributed by atoms with Gasteiger partial charge in [-0.25, -0.2) is 19.9 Å². The SMILES string of the molecule is Cc1nc(NC(C)c2cccc(-c3cnc(F)c(C)c3)c2)cc(-c2ccc3ncsc3c2)n1. The third-order valence-corrected chi connectivity index (χ3v) is 6.36. The second-order valence-corrected chi connectivity index (χ2v) is 8.93. The smallest absolute Gasteiger partial charge is 0.215 e. The fraction of sp³-hybridized carbons (Fsp3) is 0.154. The van der Waals surface area contributed by atoms with Gasteiger partial charge in [0, 0.05) is 35.0 Å². The Kier molecular flexibility index (Phi) is 5.56. The first-order valence-electron chi connectivity index (χ1n) is 10.6. The summed E-state index contributed by atoms with van der Waals surface area (Å²) in [5, 5.41) is 3.50. The highest BCUT2D eigenvalue weighted by Gasteiger charge is 2.12. The lowest BCUT2D eigenvalue weighted by Gasteiger charge is -2.17. The highest BCUT2D eigenvalue weighted by atomic mass is 32.1. The molecule has 0 aliphatic rings. The maximum Gasteiger partial charge on any atom is 0.215 e. The summed E-state index contributed by atoms with van der Waals surface area (Å²) in [6.45, 7) is 5.71. The fourth-order valence-corrected chi connectivity index (χ4v) is 4.53. The van der Waals surface area contributed by atoms with Gasteiger partial charge in [0.15, 0.2) is 0 Å². The minimum Gasteiger partial charge on any atom is -0.363 e. The first-order chi connectivity index (χ1) is 16.0. The molecule has 0 saturated heterocycles. The number of halogens is 1. The van der Waals surface area contributed by atoms with E-state index in [1.54, 1.807) is 24.5 Å². The van der Waals surface area contributed by atoms with Crippen molar-refractivity contribution in [1.82, 2.24) is 19.9 Å². The number of fused-ring (bicyclic) bond motifs is 1. The minimum absolute atomic E-state index is 0.00517. The third kappa shape index (κ3) is 4.45. The van der Waals surface area contributed by atoms with Crippen LogP contribution in [0.15, 0.2) is 66.3 Å². The average molecular weight is 456 g/mol. The molecule has 7 heteroatoms. The van der Waals surface area contributed by atoms with Gasteiger partial charge in [0.25, 0.3) is 0 Å². The molecule has 5 rings (SSSR count). The molecule has 0 aliphatic heterocycles. The molecule has 0 saturated carbocycles. The van der Waals surface area contributed by atoms with Crippen molar-refractivity contribution in [3.63, 3.8) is 0 Å². The normalized spacial score (nSPS) is 12.1. The van der Waals surface area contributed by atoms with Gasteiger partial charge in [0.1, 0.15) is 11.6 Å². The van der Waals surface area contributed by atoms with Gasteiger partial charge >= 0.3 is 0 Å². The van der Waals surface area contributed by atoms with Crippen LogP contribution in [0.25, 0.3) is 32.6 Å². The standard InChI is InChI=1S/C26H22FN5S/c1-15-9-21(13-28-26(15)27)19-6-4-5-18(10-19)16(2)30-25-12-23(31-17(3)32-25)20-7-8-22-24(11-20)33-14-29-22/h4-14,16H,1-3H3,(H,30,31,32). The van der Waals surface area contributed by atoms with Crippen molar-refractivity contribution in [2.24, 2.45) is 0 Å². The number of rotatable bonds is 5. The van der Waals surface area contributed by atoms with Crippen LogP contribution in [-0.2, 0) is 0 Å². The molecule has 0 spiro atoms. The zero-order chi connectivity index (χ0) is 22.9. The Labute approximate surface area is 195 Å². The Hall–Kier alpha value is -3.71. The van der Waals surface area contributed by atoms with Crippen molar-refractivity contribution in [3.05, 3.63) is 89.2 Å². The lowest BCUT2D eigenvalue weighted by molar-refractivity contribution is 0.575. The Bertz CT molecular complexity index is 1460. The van der Waals surface area contributed by atoms with Crippen LogP contribution in [0, 0.1) is 19.8 Å². The predicted molar refractivity (Wildman–Crippen MR) is 132 cm³/mol. The number of aryl methyl sites for hydroxylation is 2. The molecule has 164 valence electrons. The Morgan fingerprint density at radius 2 is 1.79 bits per heavy atom. The van der Waals surface area contributed by atoms with Gasteiger partial charge in [0.05, 0.1) is 21.4 Å². The molecule has 5 nitrogen and oxygen atoms in total. The summed E-state index contributed by atoms with van der Waals surface area (Å²) in [5.74, 6) is 1.03. The molecule has 0 bridgehead atoms. The maximum atomic E-state index is 13.6. The molecule has 0 amide bonds. The lowest BCUT2D eigenvalue weighted by atomic mass is 10.0. The fourth-order valence-electron chi connectivity index (χ4n) is 3.81. The number of nitrogens with one attached hydrogen (secondary N) is 1. The number of anilines is 1. The van der Waals surface area contributed by atoms with Gasteiger partial charge in [-0.15, -0.1) is 11.3 Å². The Balaban J connectivity index is 1.42. The second kappa shape index (κ2) is 8.67. The monoisotopic (exact) mass is 455 g/mol. The summed E-state index contributed by atoms with van der Waals surface area (Å²) in [6, 6.07) is 18.1. The molecular weight excluding hydrogens is 433 g/mol. The second-order valence-electron chi connectivity index (χ2n) is 8.04. The predicted octanol–water partition coefficient (Wildman–Crippen LogP) is 6.74. The van der Waals surface area contributed by atoms with Crippen LogP contribution in [0.5, 0.6) is 0 Å². The molecule has 3 aromatic heterocycles. The minimum atomic E-state index is -0.436. The summed E-state index contributed by atoms with van der Waals surface area (Å²) in [7, 11) is 0. The average Bonchev–Trinajstić information content (AvgIpc) is 3.28. The largest absolute Gasteiger partial charge is 0.363 e. The van der Waals surface area contributed by atoms with Gasteiger partial charge in [-0.2, -0.15) is 4.39 Å².